The molecule has 0 aromatic heterocycles. The summed E-state index contributed by atoms with van der Waals surface area (Å²) >= 11 is 0. The van der Waals surface area contributed by atoms with Gasteiger partial charge in [0.15, 0.2) is 0 Å². The summed E-state index contributed by atoms with van der Waals surface area (Å²) in [4.78, 5) is 11.9. The van der Waals surface area contributed by atoms with E-state index in [-0.39, 0.29) is 5.41 Å². The summed E-state index contributed by atoms with van der Waals surface area (Å²) in [6, 6.07) is 0. The van der Waals surface area contributed by atoms with E-state index in [0.29, 0.717) is 17.8 Å². The van der Waals surface area contributed by atoms with Gasteiger partial charge in [-0.3, -0.25) is 4.79 Å². The molecule has 0 aliphatic heterocycles. The molecular weight excluding hydrogens is 272 g/mol. The van der Waals surface area contributed by atoms with E-state index in [4.69, 9.17) is 0 Å². The number of rotatable bonds is 2. The molecule has 2 fully saturated rings. The molecule has 0 bridgehead atoms. The second-order valence-electron chi connectivity index (χ2n) is 8.54. The Balaban J connectivity index is 1.95. The first-order valence-corrected chi connectivity index (χ1v) is 8.93. The highest BCUT2D eigenvalue weighted by molar-refractivity contribution is 5.75. The van der Waals surface area contributed by atoms with Gasteiger partial charge < -0.3 is 5.11 Å². The molecule has 2 heteroatoms. The summed E-state index contributed by atoms with van der Waals surface area (Å²) in [6.45, 7) is 8.91. The van der Waals surface area contributed by atoms with Crippen LogP contribution >= 0.6 is 0 Å². The number of hydrogen-bond donors (Lipinski definition) is 1. The van der Waals surface area contributed by atoms with E-state index in [9.17, 15) is 9.90 Å². The largest absolute Gasteiger partial charge is 0.481 e. The van der Waals surface area contributed by atoms with Crippen LogP contribution in [-0.4, -0.2) is 11.1 Å². The van der Waals surface area contributed by atoms with Gasteiger partial charge in [-0.1, -0.05) is 44.9 Å². The van der Waals surface area contributed by atoms with Crippen molar-refractivity contribution in [2.75, 3.05) is 0 Å². The SMILES string of the molecule is CC(C)C1=CCC2C(=C1)CCC1C2(C)CCC[C@@]1(C)C(=O)O. The van der Waals surface area contributed by atoms with Crippen LogP contribution in [0.15, 0.2) is 23.3 Å². The Hall–Kier alpha value is -1.05. The number of fused-ring (bicyclic) bond motifs is 3. The molecule has 22 heavy (non-hydrogen) atoms. The molecule has 2 nitrogen and oxygen atoms in total. The van der Waals surface area contributed by atoms with Crippen molar-refractivity contribution in [3.8, 4) is 0 Å². The predicted octanol–water partition coefficient (Wildman–Crippen LogP) is 5.21. The lowest BCUT2D eigenvalue weighted by Crippen LogP contribution is -2.53. The predicted molar refractivity (Wildman–Crippen MR) is 89.5 cm³/mol. The van der Waals surface area contributed by atoms with Crippen LogP contribution in [0.3, 0.4) is 0 Å². The third-order valence-electron chi connectivity index (χ3n) is 7.04. The molecule has 0 saturated heterocycles. The fraction of sp³-hybridized carbons (Fsp3) is 0.750. The minimum atomic E-state index is -0.579. The minimum absolute atomic E-state index is 0.161. The van der Waals surface area contributed by atoms with Crippen LogP contribution in [0.5, 0.6) is 0 Å². The molecule has 3 aliphatic rings. The normalized spacial score (nSPS) is 41.3. The maximum absolute atomic E-state index is 11.9. The van der Waals surface area contributed by atoms with E-state index in [0.717, 1.165) is 32.1 Å². The van der Waals surface area contributed by atoms with Crippen molar-refractivity contribution in [2.45, 2.75) is 66.2 Å². The first-order valence-electron chi connectivity index (χ1n) is 8.93. The second-order valence-corrected chi connectivity index (χ2v) is 8.54. The summed E-state index contributed by atoms with van der Waals surface area (Å²) < 4.78 is 0. The monoisotopic (exact) mass is 302 g/mol. The molecule has 0 heterocycles. The molecule has 3 unspecified atom stereocenters. The maximum Gasteiger partial charge on any atom is 0.309 e. The maximum atomic E-state index is 11.9. The molecule has 3 rings (SSSR count). The van der Waals surface area contributed by atoms with E-state index in [1.165, 1.54) is 12.0 Å². The zero-order valence-corrected chi connectivity index (χ0v) is 14.5. The molecule has 0 amide bonds. The third-order valence-corrected chi connectivity index (χ3v) is 7.04. The van der Waals surface area contributed by atoms with Crippen LogP contribution in [0.25, 0.3) is 0 Å². The van der Waals surface area contributed by atoms with Crippen molar-refractivity contribution in [1.29, 1.82) is 0 Å². The summed E-state index contributed by atoms with van der Waals surface area (Å²) in [6.07, 6.45) is 11.2. The summed E-state index contributed by atoms with van der Waals surface area (Å²) in [5.74, 6) is 0.898. The molecule has 0 radical (unpaired) electrons. The molecule has 0 aromatic rings. The van der Waals surface area contributed by atoms with E-state index in [1.807, 2.05) is 6.92 Å². The van der Waals surface area contributed by atoms with Gasteiger partial charge in [0, 0.05) is 0 Å². The molecule has 2 saturated carbocycles. The quantitative estimate of drug-likeness (QED) is 0.760. The van der Waals surface area contributed by atoms with Crippen molar-refractivity contribution >= 4 is 5.97 Å². The number of allylic oxidation sites excluding steroid dienone is 4. The van der Waals surface area contributed by atoms with Crippen molar-refractivity contribution in [3.05, 3.63) is 23.3 Å². The Morgan fingerprint density at radius 3 is 2.68 bits per heavy atom. The van der Waals surface area contributed by atoms with Gasteiger partial charge in [0.25, 0.3) is 0 Å². The fourth-order valence-corrected chi connectivity index (χ4v) is 5.67. The lowest BCUT2D eigenvalue weighted by Gasteiger charge is -2.57. The third kappa shape index (κ3) is 2.18. The first-order chi connectivity index (χ1) is 10.3. The van der Waals surface area contributed by atoms with E-state index < -0.39 is 11.4 Å². The van der Waals surface area contributed by atoms with Crippen molar-refractivity contribution in [2.24, 2.45) is 28.6 Å². The molecule has 1 N–H and O–H groups in total. The Kier molecular flexibility index (Phi) is 3.78. The topological polar surface area (TPSA) is 37.3 Å². The average Bonchev–Trinajstić information content (AvgIpc) is 2.46. The van der Waals surface area contributed by atoms with Crippen LogP contribution < -0.4 is 0 Å². The number of hydrogen-bond acceptors (Lipinski definition) is 1. The molecule has 3 aliphatic carbocycles. The van der Waals surface area contributed by atoms with Gasteiger partial charge in [0.2, 0.25) is 0 Å². The smallest absolute Gasteiger partial charge is 0.309 e. The highest BCUT2D eigenvalue weighted by atomic mass is 16.4. The highest BCUT2D eigenvalue weighted by Crippen LogP contribution is 2.62. The van der Waals surface area contributed by atoms with E-state index >= 15 is 0 Å². The van der Waals surface area contributed by atoms with Gasteiger partial charge in [-0.25, -0.2) is 0 Å². The van der Waals surface area contributed by atoms with Gasteiger partial charge in [-0.2, -0.15) is 0 Å². The average molecular weight is 302 g/mol. The van der Waals surface area contributed by atoms with Gasteiger partial charge in [-0.15, -0.1) is 0 Å². The highest BCUT2D eigenvalue weighted by Gasteiger charge is 2.57. The van der Waals surface area contributed by atoms with Crippen LogP contribution in [0.1, 0.15) is 66.2 Å². The van der Waals surface area contributed by atoms with Crippen LogP contribution in [0.2, 0.25) is 0 Å². The van der Waals surface area contributed by atoms with Crippen LogP contribution in [0, 0.1) is 28.6 Å². The van der Waals surface area contributed by atoms with Gasteiger partial charge in [0.1, 0.15) is 0 Å². The fourth-order valence-electron chi connectivity index (χ4n) is 5.67. The molecular formula is C20H30O2. The van der Waals surface area contributed by atoms with Gasteiger partial charge in [0.05, 0.1) is 5.41 Å². The van der Waals surface area contributed by atoms with E-state index in [1.54, 1.807) is 5.57 Å². The van der Waals surface area contributed by atoms with Crippen molar-refractivity contribution in [1.82, 2.24) is 0 Å². The zero-order valence-electron chi connectivity index (χ0n) is 14.5. The van der Waals surface area contributed by atoms with Crippen LogP contribution in [-0.2, 0) is 4.79 Å². The summed E-state index contributed by atoms with van der Waals surface area (Å²) in [5.41, 5.74) is 2.71. The molecule has 122 valence electrons. The first kappa shape index (κ1) is 15.8. The minimum Gasteiger partial charge on any atom is -0.481 e. The van der Waals surface area contributed by atoms with Crippen molar-refractivity contribution < 1.29 is 9.90 Å². The molecule has 0 aromatic carbocycles. The van der Waals surface area contributed by atoms with E-state index in [2.05, 4.69) is 32.9 Å². The number of aliphatic carboxylic acids is 1. The Labute approximate surface area is 134 Å². The Bertz CT molecular complexity index is 542. The molecule has 0 spiro atoms. The molecule has 4 atom stereocenters. The van der Waals surface area contributed by atoms with Crippen molar-refractivity contribution in [3.63, 3.8) is 0 Å². The summed E-state index contributed by atoms with van der Waals surface area (Å²) in [7, 11) is 0. The zero-order chi connectivity index (χ0) is 16.1. The van der Waals surface area contributed by atoms with Gasteiger partial charge in [-0.05, 0) is 67.8 Å². The lowest BCUT2D eigenvalue weighted by molar-refractivity contribution is -0.164. The Morgan fingerprint density at radius 1 is 1.32 bits per heavy atom. The Morgan fingerprint density at radius 2 is 2.05 bits per heavy atom. The number of carboxylic acid groups (broad SMARTS) is 1. The second kappa shape index (κ2) is 5.25. The van der Waals surface area contributed by atoms with Crippen LogP contribution in [0.4, 0.5) is 0 Å². The number of carboxylic acids is 1. The number of carbonyl (C=O) groups is 1. The standard InChI is InChI=1S/C20H30O2/c1-13(2)14-6-8-16-15(12-14)7-9-17-19(16,3)10-5-11-20(17,4)18(21)22/h6,12-13,16-17H,5,7-11H2,1-4H3,(H,21,22)/t16?,17?,19?,20-/m1/s1. The van der Waals surface area contributed by atoms with Gasteiger partial charge >= 0.3 is 5.97 Å². The lowest BCUT2D eigenvalue weighted by atomic mass is 9.46. The summed E-state index contributed by atoms with van der Waals surface area (Å²) in [5, 5.41) is 9.84.